The molecule has 5 heteroatoms. The van der Waals surface area contributed by atoms with Gasteiger partial charge >= 0.3 is 0 Å². The van der Waals surface area contributed by atoms with E-state index in [0.717, 1.165) is 66.8 Å². The van der Waals surface area contributed by atoms with Gasteiger partial charge in [0.05, 0.1) is 10.8 Å². The van der Waals surface area contributed by atoms with Gasteiger partial charge in [0.1, 0.15) is 11.6 Å². The maximum Gasteiger partial charge on any atom is 0.123 e. The van der Waals surface area contributed by atoms with Crippen LogP contribution in [0.5, 0.6) is 0 Å². The Kier molecular flexibility index (Phi) is 13.5. The van der Waals surface area contributed by atoms with E-state index in [9.17, 15) is 0 Å². The van der Waals surface area contributed by atoms with Gasteiger partial charge in [-0.2, -0.15) is 0 Å². The van der Waals surface area contributed by atoms with Crippen molar-refractivity contribution in [1.29, 1.82) is 0 Å². The first-order chi connectivity index (χ1) is 46.4. The normalized spacial score (nSPS) is 15.2. The fraction of sp³-hybridized carbons (Fsp3) is 0.0667. The summed E-state index contributed by atoms with van der Waals surface area (Å²) in [5.74, 6) is -0.584. The molecule has 0 aliphatic heterocycles. The zero-order chi connectivity index (χ0) is 64.4. The minimum atomic E-state index is -0.659. The number of halogens is 2. The summed E-state index contributed by atoms with van der Waals surface area (Å²) in [5.41, 5.74) is 25.6. The number of hydrogen-bond donors (Lipinski definition) is 0. The quantitative estimate of drug-likeness (QED) is 0.120. The molecule has 14 aromatic carbocycles. The Morgan fingerprint density at radius 1 is 0.316 bits per heavy atom. The van der Waals surface area contributed by atoms with Crippen LogP contribution in [0.1, 0.15) is 77.9 Å². The maximum atomic E-state index is 15.1. The van der Waals surface area contributed by atoms with Crippen LogP contribution in [0.25, 0.3) is 76.1 Å². The highest BCUT2D eigenvalue weighted by molar-refractivity contribution is 7.26. The topological polar surface area (TPSA) is 6.48 Å². The van der Waals surface area contributed by atoms with E-state index in [1.54, 1.807) is 24.3 Å². The van der Waals surface area contributed by atoms with Gasteiger partial charge in [0.15, 0.2) is 0 Å². The molecule has 17 rings (SSSR count). The van der Waals surface area contributed by atoms with E-state index >= 15 is 8.78 Å². The number of aryl methyl sites for hydroxylation is 4. The molecule has 95 heavy (non-hydrogen) atoms. The second kappa shape index (κ2) is 22.2. The summed E-state index contributed by atoms with van der Waals surface area (Å²) >= 11 is 1.81. The molecule has 2 atom stereocenters. The van der Waals surface area contributed by atoms with E-state index < -0.39 is 10.8 Å². The zero-order valence-corrected chi connectivity index (χ0v) is 54.0. The lowest BCUT2D eigenvalue weighted by atomic mass is 9.66. The van der Waals surface area contributed by atoms with E-state index in [1.807, 2.05) is 47.8 Å². The smallest absolute Gasteiger partial charge is 0.123 e. The van der Waals surface area contributed by atoms with Crippen LogP contribution in [0, 0.1) is 39.3 Å². The van der Waals surface area contributed by atoms with Gasteiger partial charge in [-0.05, 0) is 260 Å². The Hall–Kier alpha value is -11.2. The van der Waals surface area contributed by atoms with Gasteiger partial charge in [0.2, 0.25) is 0 Å². The summed E-state index contributed by atoms with van der Waals surface area (Å²) in [4.78, 5) is 4.55. The third kappa shape index (κ3) is 9.01. The summed E-state index contributed by atoms with van der Waals surface area (Å²) in [6, 6.07) is 99.5. The Morgan fingerprint density at radius 3 is 1.09 bits per heavy atom. The van der Waals surface area contributed by atoms with Crippen LogP contribution in [0.4, 0.5) is 42.9 Å². The summed E-state index contributed by atoms with van der Waals surface area (Å²) < 4.78 is 32.6. The first-order valence-corrected chi connectivity index (χ1v) is 33.3. The molecule has 0 saturated carbocycles. The molecule has 2 nitrogen and oxygen atoms in total. The van der Waals surface area contributed by atoms with Gasteiger partial charge in [0, 0.05) is 54.3 Å². The minimum Gasteiger partial charge on any atom is -0.310 e. The molecule has 2 aliphatic rings. The molecule has 2 aliphatic carbocycles. The number of rotatable bonds is 12. The van der Waals surface area contributed by atoms with E-state index in [0.29, 0.717) is 0 Å². The van der Waals surface area contributed by atoms with Crippen molar-refractivity contribution in [2.45, 2.75) is 38.5 Å². The number of anilines is 6. The lowest BCUT2D eigenvalue weighted by molar-refractivity contribution is 0.627. The highest BCUT2D eigenvalue weighted by atomic mass is 32.1. The van der Waals surface area contributed by atoms with E-state index in [4.69, 9.17) is 0 Å². The van der Waals surface area contributed by atoms with Crippen molar-refractivity contribution < 1.29 is 8.78 Å². The SMILES string of the molecule is C=Cc1ccc(C2(c3cc(C)ccc3C)c3ccccc3-c3ccc(N(c4ccc(F)cc4)c4ccc5cc6sc7cc8ccc(N(c9ccc(F)cc9)c9ccc%10c(c9)C(c9ccc(C=C)cc9)(c9cc(C)ccc9C)c9ccccc9-%10)cc8cc7c6cc5c4)cc32)cc1. The Balaban J connectivity index is 0.813. The van der Waals surface area contributed by atoms with E-state index in [2.05, 4.69) is 281 Å². The van der Waals surface area contributed by atoms with Crippen molar-refractivity contribution in [3.63, 3.8) is 0 Å². The van der Waals surface area contributed by atoms with E-state index in [1.165, 1.54) is 109 Å². The van der Waals surface area contributed by atoms with Crippen molar-refractivity contribution in [2.24, 2.45) is 0 Å². The third-order valence-electron chi connectivity index (χ3n) is 20.4. The number of hydrogen-bond acceptors (Lipinski definition) is 3. The second-order valence-corrected chi connectivity index (χ2v) is 26.9. The first-order valence-electron chi connectivity index (χ1n) is 32.4. The number of benzene rings is 14. The van der Waals surface area contributed by atoms with Gasteiger partial charge < -0.3 is 9.80 Å². The van der Waals surface area contributed by atoms with Gasteiger partial charge in [-0.3, -0.25) is 0 Å². The third-order valence-corrected chi connectivity index (χ3v) is 21.5. The lowest BCUT2D eigenvalue weighted by Crippen LogP contribution is -2.30. The average molecular weight is 1240 g/mol. The predicted molar refractivity (Wildman–Crippen MR) is 397 cm³/mol. The van der Waals surface area contributed by atoms with Crippen LogP contribution >= 0.6 is 11.3 Å². The second-order valence-electron chi connectivity index (χ2n) is 25.8. The van der Waals surface area contributed by atoms with Gasteiger partial charge in [-0.25, -0.2) is 8.78 Å². The van der Waals surface area contributed by atoms with Crippen LogP contribution in [-0.2, 0) is 10.8 Å². The molecule has 2 unspecified atom stereocenters. The monoisotopic (exact) mass is 1240 g/mol. The molecular formula is C90H64F2N2S. The molecule has 1 aromatic heterocycles. The molecule has 1 heterocycles. The molecule has 0 spiro atoms. The highest BCUT2D eigenvalue weighted by Gasteiger charge is 2.49. The van der Waals surface area contributed by atoms with Crippen LogP contribution in [-0.4, -0.2) is 0 Å². The summed E-state index contributed by atoms with van der Waals surface area (Å²) in [6.07, 6.45) is 3.80. The maximum absolute atomic E-state index is 15.1. The Labute approximate surface area is 556 Å². The Bertz CT molecular complexity index is 5320. The van der Waals surface area contributed by atoms with E-state index in [-0.39, 0.29) is 11.6 Å². The highest BCUT2D eigenvalue weighted by Crippen LogP contribution is 2.60. The Morgan fingerprint density at radius 2 is 0.684 bits per heavy atom. The first kappa shape index (κ1) is 57.6. The fourth-order valence-electron chi connectivity index (χ4n) is 15.9. The average Bonchev–Trinajstić information content (AvgIpc) is 1.56. The minimum absolute atomic E-state index is 0.292. The summed E-state index contributed by atoms with van der Waals surface area (Å²) in [5, 5.41) is 6.77. The molecule has 0 fully saturated rings. The molecule has 0 N–H and O–H groups in total. The van der Waals surface area contributed by atoms with Crippen LogP contribution < -0.4 is 9.80 Å². The zero-order valence-electron chi connectivity index (χ0n) is 53.2. The molecule has 454 valence electrons. The number of fused-ring (bicyclic) bond motifs is 11. The number of nitrogens with zero attached hydrogens (tertiary/aromatic N) is 2. The van der Waals surface area contributed by atoms with Gasteiger partial charge in [-0.1, -0.05) is 194 Å². The van der Waals surface area contributed by atoms with Crippen molar-refractivity contribution in [1.82, 2.24) is 0 Å². The van der Waals surface area contributed by atoms with Gasteiger partial charge in [0.25, 0.3) is 0 Å². The van der Waals surface area contributed by atoms with Crippen LogP contribution in [0.2, 0.25) is 0 Å². The predicted octanol–water partition coefficient (Wildman–Crippen LogP) is 24.8. The summed E-state index contributed by atoms with van der Waals surface area (Å²) in [7, 11) is 0. The number of thiophene rings is 1. The largest absolute Gasteiger partial charge is 0.310 e. The van der Waals surface area contributed by atoms with Crippen molar-refractivity contribution in [3.05, 3.63) is 382 Å². The van der Waals surface area contributed by atoms with Crippen LogP contribution in [0.15, 0.2) is 292 Å². The molecular weight excluding hydrogens is 1180 g/mol. The summed E-state index contributed by atoms with van der Waals surface area (Å²) in [6.45, 7) is 17.0. The molecule has 0 amide bonds. The molecule has 0 saturated heterocycles. The molecule has 0 bridgehead atoms. The van der Waals surface area contributed by atoms with Crippen LogP contribution in [0.3, 0.4) is 0 Å². The molecule has 15 aromatic rings. The fourth-order valence-corrected chi connectivity index (χ4v) is 17.1. The van der Waals surface area contributed by atoms with Crippen molar-refractivity contribution >= 4 is 99.3 Å². The van der Waals surface area contributed by atoms with Crippen molar-refractivity contribution in [2.75, 3.05) is 9.80 Å². The van der Waals surface area contributed by atoms with Gasteiger partial charge in [-0.15, -0.1) is 11.3 Å². The van der Waals surface area contributed by atoms with Crippen molar-refractivity contribution in [3.8, 4) is 22.3 Å². The lowest BCUT2D eigenvalue weighted by Gasteiger charge is -2.36. The molecule has 0 radical (unpaired) electrons. The standard InChI is InChI=1S/C90H64F2N2S/c1-7-59-21-27-65(28-22-59)89(83-45-55(3)17-19-57(83)5)81-15-11-9-13-75(81)77-43-41-73(53-85(77)89)93(69-37-31-67(91)32-38-69)71-35-25-61-51-87-79(49-63(61)47-71)80-50-64-48-72(36-26-62(64)52-88(80)95-87)94(70-39-33-68(92)34-40-70)74-42-44-78-76-14-10-12-16-82(76)90(86(78)54-74,66-29-23-60(8-2)24-30-66)84-46-56(4)18-20-58(84)6/h7-54H,1-2H2,3-6H3.